The molecule has 1 N–H and O–H groups in total. The molecule has 37 heavy (non-hydrogen) atoms. The van der Waals surface area contributed by atoms with Gasteiger partial charge >= 0.3 is 5.69 Å². The van der Waals surface area contributed by atoms with Gasteiger partial charge in [0, 0.05) is 5.69 Å². The quantitative estimate of drug-likeness (QED) is 0.368. The highest BCUT2D eigenvalue weighted by Gasteiger charge is 2.15. The summed E-state index contributed by atoms with van der Waals surface area (Å²) in [5.74, 6) is -0.566. The minimum atomic E-state index is -0.530. The maximum atomic E-state index is 13.8. The topological polar surface area (TPSA) is 73.1 Å². The zero-order chi connectivity index (χ0) is 25.9. The number of nitrogens with zero attached hydrogens (tertiary/aromatic N) is 2. The van der Waals surface area contributed by atoms with Crippen molar-refractivity contribution >= 4 is 22.5 Å². The average Bonchev–Trinajstić information content (AvgIpc) is 2.88. The van der Waals surface area contributed by atoms with Gasteiger partial charge in [0.05, 0.1) is 29.6 Å². The maximum Gasteiger partial charge on any atom is 0.336 e. The van der Waals surface area contributed by atoms with Gasteiger partial charge in [0.2, 0.25) is 5.91 Å². The van der Waals surface area contributed by atoms with Gasteiger partial charge in [0.1, 0.15) is 5.82 Å². The number of aryl methyl sites for hydroxylation is 1. The first-order valence-electron chi connectivity index (χ1n) is 11.8. The number of anilines is 1. The molecule has 0 spiro atoms. The highest BCUT2D eigenvalue weighted by molar-refractivity contribution is 5.92. The Kier molecular flexibility index (Phi) is 6.51. The minimum absolute atomic E-state index is 0.106. The van der Waals surface area contributed by atoms with Crippen molar-refractivity contribution in [2.75, 3.05) is 5.32 Å². The second kappa shape index (κ2) is 10.1. The summed E-state index contributed by atoms with van der Waals surface area (Å²) in [7, 11) is 0. The molecule has 1 amide bonds. The SMILES string of the molecule is Cc1cccc(NC(=O)Cc2ccc(-n3c(=O)c4ccccc4n(Cc4cccc(F)c4)c3=O)cc2)c1. The van der Waals surface area contributed by atoms with E-state index in [0.29, 0.717) is 22.2 Å². The van der Waals surface area contributed by atoms with Crippen LogP contribution in [0.2, 0.25) is 0 Å². The third-order valence-corrected chi connectivity index (χ3v) is 6.14. The number of hydrogen-bond donors (Lipinski definition) is 1. The molecule has 0 atom stereocenters. The third kappa shape index (κ3) is 5.11. The second-order valence-electron chi connectivity index (χ2n) is 8.92. The molecule has 0 saturated carbocycles. The Bertz CT molecular complexity index is 1740. The van der Waals surface area contributed by atoms with Crippen LogP contribution >= 0.6 is 0 Å². The van der Waals surface area contributed by atoms with Gasteiger partial charge in [-0.1, -0.05) is 48.5 Å². The number of benzene rings is 4. The summed E-state index contributed by atoms with van der Waals surface area (Å²) in [5, 5.41) is 3.25. The Morgan fingerprint density at radius 1 is 0.838 bits per heavy atom. The molecule has 184 valence electrons. The first-order chi connectivity index (χ1) is 17.9. The lowest BCUT2D eigenvalue weighted by Gasteiger charge is -2.15. The van der Waals surface area contributed by atoms with Gasteiger partial charge < -0.3 is 5.32 Å². The van der Waals surface area contributed by atoms with E-state index >= 15 is 0 Å². The second-order valence-corrected chi connectivity index (χ2v) is 8.92. The molecule has 5 rings (SSSR count). The normalized spacial score (nSPS) is 11.0. The van der Waals surface area contributed by atoms with E-state index in [-0.39, 0.29) is 18.9 Å². The number of aromatic nitrogens is 2. The van der Waals surface area contributed by atoms with Crippen LogP contribution in [-0.4, -0.2) is 15.0 Å². The number of rotatable bonds is 6. The van der Waals surface area contributed by atoms with Crippen LogP contribution in [0.15, 0.2) is 107 Å². The molecular formula is C30H24FN3O3. The van der Waals surface area contributed by atoms with E-state index in [1.165, 1.54) is 16.7 Å². The van der Waals surface area contributed by atoms with Crippen molar-refractivity contribution in [2.45, 2.75) is 19.9 Å². The van der Waals surface area contributed by atoms with Gasteiger partial charge in [-0.3, -0.25) is 14.2 Å². The molecule has 7 heteroatoms. The van der Waals surface area contributed by atoms with Gasteiger partial charge in [-0.2, -0.15) is 0 Å². The minimum Gasteiger partial charge on any atom is -0.326 e. The van der Waals surface area contributed by atoms with Crippen LogP contribution in [-0.2, 0) is 17.8 Å². The summed E-state index contributed by atoms with van der Waals surface area (Å²) < 4.78 is 16.4. The number of hydrogen-bond acceptors (Lipinski definition) is 3. The van der Waals surface area contributed by atoms with Crippen molar-refractivity contribution in [1.82, 2.24) is 9.13 Å². The first kappa shape index (κ1) is 23.9. The monoisotopic (exact) mass is 493 g/mol. The number of fused-ring (bicyclic) bond motifs is 1. The number of para-hydroxylation sites is 1. The number of carbonyl (C=O) groups excluding carboxylic acids is 1. The van der Waals surface area contributed by atoms with Gasteiger partial charge in [-0.15, -0.1) is 0 Å². The molecule has 0 saturated heterocycles. The summed E-state index contributed by atoms with van der Waals surface area (Å²) in [6.45, 7) is 2.06. The highest BCUT2D eigenvalue weighted by atomic mass is 19.1. The molecule has 4 aromatic carbocycles. The molecule has 0 fully saturated rings. The maximum absolute atomic E-state index is 13.8. The number of amides is 1. The molecule has 0 radical (unpaired) electrons. The predicted octanol–water partition coefficient (Wildman–Crippen LogP) is 4.83. The summed E-state index contributed by atoms with van der Waals surface area (Å²) >= 11 is 0. The van der Waals surface area contributed by atoms with Crippen molar-refractivity contribution in [1.29, 1.82) is 0 Å². The van der Waals surface area contributed by atoms with Crippen molar-refractivity contribution in [3.63, 3.8) is 0 Å². The van der Waals surface area contributed by atoms with Crippen molar-refractivity contribution in [3.05, 3.63) is 140 Å². The molecular weight excluding hydrogens is 469 g/mol. The predicted molar refractivity (Wildman–Crippen MR) is 143 cm³/mol. The molecule has 1 aromatic heterocycles. The summed E-state index contributed by atoms with van der Waals surface area (Å²) in [6, 6.07) is 27.2. The Morgan fingerprint density at radius 3 is 2.35 bits per heavy atom. The number of halogens is 1. The fraction of sp³-hybridized carbons (Fsp3) is 0.100. The zero-order valence-corrected chi connectivity index (χ0v) is 20.1. The van der Waals surface area contributed by atoms with E-state index in [1.807, 2.05) is 31.2 Å². The van der Waals surface area contributed by atoms with Crippen LogP contribution in [0.1, 0.15) is 16.7 Å². The fourth-order valence-corrected chi connectivity index (χ4v) is 4.40. The molecule has 0 aliphatic heterocycles. The van der Waals surface area contributed by atoms with E-state index < -0.39 is 17.1 Å². The van der Waals surface area contributed by atoms with Crippen LogP contribution in [0.25, 0.3) is 16.6 Å². The zero-order valence-electron chi connectivity index (χ0n) is 20.1. The summed E-state index contributed by atoms with van der Waals surface area (Å²) in [4.78, 5) is 39.4. The van der Waals surface area contributed by atoms with E-state index in [0.717, 1.165) is 21.4 Å². The molecule has 1 heterocycles. The molecule has 0 aliphatic carbocycles. The van der Waals surface area contributed by atoms with Gasteiger partial charge in [-0.25, -0.2) is 13.8 Å². The fourth-order valence-electron chi connectivity index (χ4n) is 4.40. The number of nitrogens with one attached hydrogen (secondary N) is 1. The van der Waals surface area contributed by atoms with Crippen LogP contribution < -0.4 is 16.6 Å². The van der Waals surface area contributed by atoms with E-state index in [9.17, 15) is 18.8 Å². The summed E-state index contributed by atoms with van der Waals surface area (Å²) in [6.07, 6.45) is 0.143. The molecule has 6 nitrogen and oxygen atoms in total. The largest absolute Gasteiger partial charge is 0.336 e. The molecule has 0 bridgehead atoms. The lowest BCUT2D eigenvalue weighted by atomic mass is 10.1. The Morgan fingerprint density at radius 2 is 1.59 bits per heavy atom. The van der Waals surface area contributed by atoms with E-state index in [2.05, 4.69) is 5.32 Å². The van der Waals surface area contributed by atoms with Gasteiger partial charge in [-0.05, 0) is 72.1 Å². The van der Waals surface area contributed by atoms with Gasteiger partial charge in [0.15, 0.2) is 0 Å². The van der Waals surface area contributed by atoms with Crippen molar-refractivity contribution < 1.29 is 9.18 Å². The van der Waals surface area contributed by atoms with Gasteiger partial charge in [0.25, 0.3) is 5.56 Å². The molecule has 0 aliphatic rings. The van der Waals surface area contributed by atoms with Crippen molar-refractivity contribution in [3.8, 4) is 5.69 Å². The van der Waals surface area contributed by atoms with E-state index in [1.54, 1.807) is 60.7 Å². The van der Waals surface area contributed by atoms with Crippen LogP contribution in [0.4, 0.5) is 10.1 Å². The van der Waals surface area contributed by atoms with Crippen LogP contribution in [0.5, 0.6) is 0 Å². The Balaban J connectivity index is 1.48. The smallest absolute Gasteiger partial charge is 0.326 e. The highest BCUT2D eigenvalue weighted by Crippen LogP contribution is 2.15. The first-order valence-corrected chi connectivity index (χ1v) is 11.8. The number of carbonyl (C=O) groups is 1. The van der Waals surface area contributed by atoms with Crippen molar-refractivity contribution in [2.24, 2.45) is 0 Å². The summed E-state index contributed by atoms with van der Waals surface area (Å²) in [5.41, 5.74) is 3.00. The lowest BCUT2D eigenvalue weighted by molar-refractivity contribution is -0.115. The Hall–Kier alpha value is -4.78. The van der Waals surface area contributed by atoms with E-state index in [4.69, 9.17) is 0 Å². The van der Waals surface area contributed by atoms with Crippen LogP contribution in [0.3, 0.4) is 0 Å². The molecule has 0 unspecified atom stereocenters. The molecule has 5 aromatic rings. The van der Waals surface area contributed by atoms with Crippen LogP contribution in [0, 0.1) is 12.7 Å². The third-order valence-electron chi connectivity index (χ3n) is 6.14. The average molecular weight is 494 g/mol. The lowest BCUT2D eigenvalue weighted by Crippen LogP contribution is -2.39. The Labute approximate surface area is 212 Å². The standard InChI is InChI=1S/C30H24FN3O3/c1-20-6-4-9-24(16-20)32-28(35)18-21-12-14-25(15-13-21)34-29(36)26-10-2-3-11-27(26)33(30(34)37)19-22-7-5-8-23(31)17-22/h2-17H,18-19H2,1H3,(H,32,35).